The Bertz CT molecular complexity index is 826. The van der Waals surface area contributed by atoms with Crippen molar-refractivity contribution in [2.75, 3.05) is 6.54 Å². The second kappa shape index (κ2) is 8.63. The van der Waals surface area contributed by atoms with Crippen LogP contribution in [0.5, 0.6) is 5.75 Å². The molecule has 152 valence electrons. The van der Waals surface area contributed by atoms with Gasteiger partial charge in [-0.1, -0.05) is 31.5 Å². The predicted octanol–water partition coefficient (Wildman–Crippen LogP) is 3.26. The molecule has 0 bridgehead atoms. The third kappa shape index (κ3) is 4.82. The average Bonchev–Trinajstić information content (AvgIpc) is 2.97. The van der Waals surface area contributed by atoms with E-state index in [1.807, 2.05) is 30.7 Å². The third-order valence-corrected chi connectivity index (χ3v) is 5.07. The lowest BCUT2D eigenvalue weighted by Crippen LogP contribution is -2.45. The molecule has 7 nitrogen and oxygen atoms in total. The van der Waals surface area contributed by atoms with Gasteiger partial charge in [0.2, 0.25) is 0 Å². The van der Waals surface area contributed by atoms with Crippen molar-refractivity contribution >= 4 is 5.96 Å². The van der Waals surface area contributed by atoms with E-state index in [-0.39, 0.29) is 11.6 Å². The summed E-state index contributed by atoms with van der Waals surface area (Å²) in [7, 11) is 1.97. The first kappa shape index (κ1) is 20.2. The highest BCUT2D eigenvalue weighted by Gasteiger charge is 2.34. The molecule has 3 rings (SSSR count). The lowest BCUT2D eigenvalue weighted by Gasteiger charge is -2.38. The highest BCUT2D eigenvalue weighted by Crippen LogP contribution is 2.39. The number of guanidine groups is 1. The van der Waals surface area contributed by atoms with Crippen molar-refractivity contribution in [3.63, 3.8) is 0 Å². The van der Waals surface area contributed by atoms with Crippen LogP contribution < -0.4 is 15.4 Å². The number of nitrogens with one attached hydrogen (secondary N) is 2. The monoisotopic (exact) mass is 384 g/mol. The van der Waals surface area contributed by atoms with Gasteiger partial charge in [0.05, 0.1) is 6.04 Å². The third-order valence-electron chi connectivity index (χ3n) is 5.07. The summed E-state index contributed by atoms with van der Waals surface area (Å²) in [5.41, 5.74) is 0.933. The number of hydrogen-bond acceptors (Lipinski definition) is 4. The van der Waals surface area contributed by atoms with E-state index in [0.29, 0.717) is 6.54 Å². The molecule has 1 aromatic carbocycles. The van der Waals surface area contributed by atoms with E-state index >= 15 is 0 Å². The van der Waals surface area contributed by atoms with E-state index in [1.165, 1.54) is 5.56 Å². The molecule has 2 N–H and O–H groups in total. The van der Waals surface area contributed by atoms with E-state index < -0.39 is 0 Å². The Morgan fingerprint density at radius 3 is 2.82 bits per heavy atom. The fourth-order valence-electron chi connectivity index (χ4n) is 3.37. The summed E-state index contributed by atoms with van der Waals surface area (Å²) >= 11 is 0. The summed E-state index contributed by atoms with van der Waals surface area (Å²) in [5, 5.41) is 15.4. The molecule has 1 unspecified atom stereocenters. The van der Waals surface area contributed by atoms with Crippen LogP contribution in [0.4, 0.5) is 0 Å². The molecule has 28 heavy (non-hydrogen) atoms. The van der Waals surface area contributed by atoms with Gasteiger partial charge in [-0.3, -0.25) is 0 Å². The smallest absolute Gasteiger partial charge is 0.192 e. The molecule has 0 saturated carbocycles. The molecule has 1 aromatic heterocycles. The Labute approximate surface area is 167 Å². The quantitative estimate of drug-likeness (QED) is 0.454. The Hall–Kier alpha value is -2.57. The van der Waals surface area contributed by atoms with E-state index in [0.717, 1.165) is 49.2 Å². The van der Waals surface area contributed by atoms with Gasteiger partial charge < -0.3 is 19.9 Å². The fraction of sp³-hybridized carbons (Fsp3) is 0.571. The Morgan fingerprint density at radius 2 is 2.11 bits per heavy atom. The topological polar surface area (TPSA) is 76.4 Å². The molecule has 0 aliphatic carbocycles. The summed E-state index contributed by atoms with van der Waals surface area (Å²) < 4.78 is 8.13. The average molecular weight is 385 g/mol. The maximum Gasteiger partial charge on any atom is 0.192 e. The van der Waals surface area contributed by atoms with Gasteiger partial charge in [0, 0.05) is 25.6 Å². The highest BCUT2D eigenvalue weighted by molar-refractivity contribution is 5.80. The summed E-state index contributed by atoms with van der Waals surface area (Å²) in [4.78, 5) is 4.79. The standard InChI is InChI=1S/C21H32N6O/c1-6-7-12-22-20(23-14-19-26-25-15(2)27(19)5)24-17-13-21(3,4)28-18-11-9-8-10-16(17)18/h8-11,17H,6-7,12-14H2,1-5H3,(H2,22,23,24). The largest absolute Gasteiger partial charge is 0.487 e. The van der Waals surface area contributed by atoms with Crippen LogP contribution >= 0.6 is 0 Å². The lowest BCUT2D eigenvalue weighted by molar-refractivity contribution is 0.0694. The first-order chi connectivity index (χ1) is 13.4. The maximum atomic E-state index is 6.16. The Kier molecular flexibility index (Phi) is 6.21. The molecule has 1 aliphatic heterocycles. The minimum atomic E-state index is -0.235. The van der Waals surface area contributed by atoms with Crippen LogP contribution in [0.3, 0.4) is 0 Å². The molecule has 1 aliphatic rings. The van der Waals surface area contributed by atoms with Gasteiger partial charge in [0.25, 0.3) is 0 Å². The van der Waals surface area contributed by atoms with E-state index in [2.05, 4.69) is 53.7 Å². The first-order valence-corrected chi connectivity index (χ1v) is 10.1. The van der Waals surface area contributed by atoms with Crippen molar-refractivity contribution in [1.82, 2.24) is 25.4 Å². The molecule has 0 fully saturated rings. The molecule has 2 heterocycles. The van der Waals surface area contributed by atoms with Crippen molar-refractivity contribution in [1.29, 1.82) is 0 Å². The molecule has 2 aromatic rings. The number of aromatic nitrogens is 3. The number of nitrogens with zero attached hydrogens (tertiary/aromatic N) is 4. The summed E-state index contributed by atoms with van der Waals surface area (Å²) in [6.45, 7) is 9.75. The van der Waals surface area contributed by atoms with Crippen molar-refractivity contribution in [3.8, 4) is 5.75 Å². The number of aryl methyl sites for hydroxylation is 1. The summed E-state index contributed by atoms with van der Waals surface area (Å²) in [5.74, 6) is 3.47. The SMILES string of the molecule is CCCCNC(=NCc1nnc(C)n1C)NC1CC(C)(C)Oc2ccccc21. The molecule has 0 saturated heterocycles. The van der Waals surface area contributed by atoms with Gasteiger partial charge in [-0.2, -0.15) is 0 Å². The van der Waals surface area contributed by atoms with E-state index in [4.69, 9.17) is 9.73 Å². The number of para-hydroxylation sites is 1. The number of ether oxygens (including phenoxy) is 1. The van der Waals surface area contributed by atoms with Crippen molar-refractivity contribution in [2.24, 2.45) is 12.0 Å². The first-order valence-electron chi connectivity index (χ1n) is 10.1. The predicted molar refractivity (Wildman–Crippen MR) is 111 cm³/mol. The number of rotatable bonds is 6. The van der Waals surface area contributed by atoms with Crippen LogP contribution in [-0.4, -0.2) is 32.9 Å². The van der Waals surface area contributed by atoms with Crippen molar-refractivity contribution < 1.29 is 4.74 Å². The summed E-state index contributed by atoms with van der Waals surface area (Å²) in [6, 6.07) is 8.36. The molecular weight excluding hydrogens is 352 g/mol. The number of benzene rings is 1. The second-order valence-electron chi connectivity index (χ2n) is 7.97. The zero-order valence-corrected chi connectivity index (χ0v) is 17.6. The molecule has 0 spiro atoms. The Morgan fingerprint density at radius 1 is 1.32 bits per heavy atom. The Balaban J connectivity index is 1.80. The molecule has 0 radical (unpaired) electrons. The fourth-order valence-corrected chi connectivity index (χ4v) is 3.37. The van der Waals surface area contributed by atoms with Crippen LogP contribution in [-0.2, 0) is 13.6 Å². The zero-order chi connectivity index (χ0) is 20.1. The van der Waals surface area contributed by atoms with Gasteiger partial charge >= 0.3 is 0 Å². The second-order valence-corrected chi connectivity index (χ2v) is 7.97. The van der Waals surface area contributed by atoms with Crippen LogP contribution in [0, 0.1) is 6.92 Å². The normalized spacial score (nSPS) is 18.3. The van der Waals surface area contributed by atoms with Crippen molar-refractivity contribution in [2.45, 2.75) is 65.1 Å². The van der Waals surface area contributed by atoms with Gasteiger partial charge in [0.15, 0.2) is 11.8 Å². The van der Waals surface area contributed by atoms with Gasteiger partial charge in [-0.05, 0) is 33.3 Å². The minimum absolute atomic E-state index is 0.133. The van der Waals surface area contributed by atoms with Gasteiger partial charge in [0.1, 0.15) is 23.7 Å². The molecule has 0 amide bonds. The van der Waals surface area contributed by atoms with Crippen LogP contribution in [0.1, 0.15) is 63.3 Å². The number of aliphatic imine (C=N–C) groups is 1. The van der Waals surface area contributed by atoms with Crippen LogP contribution in [0.15, 0.2) is 29.3 Å². The van der Waals surface area contributed by atoms with Crippen LogP contribution in [0.25, 0.3) is 0 Å². The van der Waals surface area contributed by atoms with Crippen molar-refractivity contribution in [3.05, 3.63) is 41.5 Å². The minimum Gasteiger partial charge on any atom is -0.487 e. The molecule has 7 heteroatoms. The maximum absolute atomic E-state index is 6.16. The number of hydrogen-bond donors (Lipinski definition) is 2. The van der Waals surface area contributed by atoms with E-state index in [9.17, 15) is 0 Å². The van der Waals surface area contributed by atoms with Gasteiger partial charge in [-0.15, -0.1) is 10.2 Å². The summed E-state index contributed by atoms with van der Waals surface area (Å²) in [6.07, 6.45) is 3.09. The molecule has 1 atom stereocenters. The zero-order valence-electron chi connectivity index (χ0n) is 17.6. The highest BCUT2D eigenvalue weighted by atomic mass is 16.5. The van der Waals surface area contributed by atoms with Crippen LogP contribution in [0.2, 0.25) is 0 Å². The number of unbranched alkanes of at least 4 members (excludes halogenated alkanes) is 1. The van der Waals surface area contributed by atoms with E-state index in [1.54, 1.807) is 0 Å². The lowest BCUT2D eigenvalue weighted by atomic mass is 9.90. The number of fused-ring (bicyclic) bond motifs is 1. The van der Waals surface area contributed by atoms with Gasteiger partial charge in [-0.25, -0.2) is 4.99 Å². The molecular formula is C21H32N6O.